The van der Waals surface area contributed by atoms with E-state index in [2.05, 4.69) is 34.6 Å². The van der Waals surface area contributed by atoms with E-state index in [-0.39, 0.29) is 23.2 Å². The number of alkyl halides is 3. The Balaban J connectivity index is 0.00000135. The van der Waals surface area contributed by atoms with Gasteiger partial charge in [0.2, 0.25) is 0 Å². The molecule has 9 heteroatoms. The maximum atomic E-state index is 14.1. The summed E-state index contributed by atoms with van der Waals surface area (Å²) in [4.78, 5) is 34.0. The number of fused-ring (bicyclic) bond motifs is 1. The Labute approximate surface area is 247 Å². The number of hydrogen-bond donors (Lipinski definition) is 1. The van der Waals surface area contributed by atoms with Gasteiger partial charge in [0.15, 0.2) is 6.04 Å². The van der Waals surface area contributed by atoms with Gasteiger partial charge in [-0.1, -0.05) is 92.7 Å². The lowest BCUT2D eigenvalue weighted by Gasteiger charge is -2.23. The van der Waals surface area contributed by atoms with Crippen molar-refractivity contribution in [2.24, 2.45) is 0 Å². The summed E-state index contributed by atoms with van der Waals surface area (Å²) in [6, 6.07) is 27.3. The summed E-state index contributed by atoms with van der Waals surface area (Å²) in [7, 11) is 0. The van der Waals surface area contributed by atoms with E-state index in [1.807, 2.05) is 55.7 Å². The Kier molecular flexibility index (Phi) is 9.58. The molecule has 1 amide bonds. The van der Waals surface area contributed by atoms with Crippen LogP contribution in [0.5, 0.6) is 0 Å². The topological polar surface area (TPSA) is 81.1 Å². The van der Waals surface area contributed by atoms with Gasteiger partial charge in [-0.2, -0.15) is 22.8 Å². The summed E-state index contributed by atoms with van der Waals surface area (Å²) in [5, 5.41) is 2.22. The highest BCUT2D eigenvalue weighted by molar-refractivity contribution is 5.97. The van der Waals surface area contributed by atoms with Crippen LogP contribution in [0.2, 0.25) is 0 Å². The maximum Gasteiger partial charge on any atom is 0.412 e. The fourth-order valence-corrected chi connectivity index (χ4v) is 4.87. The smallest absolute Gasteiger partial charge is 0.337 e. The molecule has 0 radical (unpaired) electrons. The molecule has 0 aliphatic heterocycles. The predicted molar refractivity (Wildman–Crippen MR) is 157 cm³/mol. The van der Waals surface area contributed by atoms with E-state index in [1.165, 1.54) is 18.2 Å². The largest absolute Gasteiger partial charge is 0.412 e. The van der Waals surface area contributed by atoms with Crippen LogP contribution in [0.25, 0.3) is 22.2 Å². The molecule has 0 saturated carbocycles. The number of carbonyl (C=O) groups excluding carboxylic acids is 3. The number of rotatable bonds is 7. The van der Waals surface area contributed by atoms with Crippen LogP contribution < -0.4 is 5.32 Å². The SMILES string of the molecule is Cc1nc2ccc(C(=O)N[C@H](c3cccc(C(C)C)c3)C(F)(F)F)cc2n1Cc1ccc(-c2ccccc2)cc1.O=C=O. The second-order valence-corrected chi connectivity index (χ2v) is 10.4. The summed E-state index contributed by atoms with van der Waals surface area (Å²) in [6.45, 7) is 6.21. The molecule has 4 aromatic carbocycles. The molecule has 1 N–H and O–H groups in total. The molecule has 0 saturated heterocycles. The number of nitrogens with one attached hydrogen (secondary N) is 1. The van der Waals surface area contributed by atoms with E-state index in [4.69, 9.17) is 9.59 Å². The van der Waals surface area contributed by atoms with Crippen LogP contribution >= 0.6 is 0 Å². The first-order valence-corrected chi connectivity index (χ1v) is 13.6. The van der Waals surface area contributed by atoms with E-state index >= 15 is 0 Å². The Hall–Kier alpha value is -5.01. The van der Waals surface area contributed by atoms with E-state index in [0.29, 0.717) is 17.6 Å². The number of carbonyl (C=O) groups is 1. The van der Waals surface area contributed by atoms with Gasteiger partial charge in [-0.25, -0.2) is 4.98 Å². The van der Waals surface area contributed by atoms with Gasteiger partial charge in [0, 0.05) is 12.1 Å². The number of halogens is 3. The van der Waals surface area contributed by atoms with Gasteiger partial charge in [-0.05, 0) is 58.9 Å². The van der Waals surface area contributed by atoms with Crippen LogP contribution in [0, 0.1) is 6.92 Å². The minimum Gasteiger partial charge on any atom is -0.337 e. The summed E-state index contributed by atoms with van der Waals surface area (Å²) >= 11 is 0. The second-order valence-electron chi connectivity index (χ2n) is 10.4. The lowest BCUT2D eigenvalue weighted by atomic mass is 9.97. The van der Waals surface area contributed by atoms with Crippen molar-refractivity contribution in [2.45, 2.75) is 45.5 Å². The number of amides is 1. The summed E-state index contributed by atoms with van der Waals surface area (Å²) in [5.41, 5.74) is 5.55. The normalized spacial score (nSPS) is 11.9. The fourth-order valence-electron chi connectivity index (χ4n) is 4.87. The Morgan fingerprint density at radius 2 is 1.49 bits per heavy atom. The van der Waals surface area contributed by atoms with Crippen LogP contribution in [0.3, 0.4) is 0 Å². The lowest BCUT2D eigenvalue weighted by molar-refractivity contribution is -0.191. The van der Waals surface area contributed by atoms with Gasteiger partial charge in [0.05, 0.1) is 11.0 Å². The molecule has 0 aliphatic rings. The van der Waals surface area contributed by atoms with Crippen molar-refractivity contribution in [3.63, 3.8) is 0 Å². The molecule has 6 nitrogen and oxygen atoms in total. The van der Waals surface area contributed by atoms with Crippen molar-refractivity contribution >= 4 is 23.1 Å². The van der Waals surface area contributed by atoms with Crippen molar-refractivity contribution < 1.29 is 27.6 Å². The van der Waals surface area contributed by atoms with Crippen molar-refractivity contribution in [1.29, 1.82) is 0 Å². The third kappa shape index (κ3) is 7.45. The third-order valence-electron chi connectivity index (χ3n) is 7.12. The molecular formula is C34H30F3N3O3. The van der Waals surface area contributed by atoms with Crippen molar-refractivity contribution in [1.82, 2.24) is 14.9 Å². The van der Waals surface area contributed by atoms with E-state index < -0.39 is 18.1 Å². The highest BCUT2D eigenvalue weighted by Crippen LogP contribution is 2.34. The summed E-state index contributed by atoms with van der Waals surface area (Å²) in [6.07, 6.45) is -4.40. The van der Waals surface area contributed by atoms with Gasteiger partial charge >= 0.3 is 12.3 Å². The number of imidazole rings is 1. The molecule has 0 spiro atoms. The molecule has 0 unspecified atom stereocenters. The maximum absolute atomic E-state index is 14.1. The first-order valence-electron chi connectivity index (χ1n) is 13.6. The van der Waals surface area contributed by atoms with Gasteiger partial charge in [-0.15, -0.1) is 0 Å². The number of aryl methyl sites for hydroxylation is 1. The molecule has 0 fully saturated rings. The average molecular weight is 586 g/mol. The molecule has 0 aliphatic carbocycles. The molecular weight excluding hydrogens is 555 g/mol. The highest BCUT2D eigenvalue weighted by Gasteiger charge is 2.42. The number of nitrogens with zero attached hydrogens (tertiary/aromatic N) is 2. The average Bonchev–Trinajstić information content (AvgIpc) is 3.30. The minimum absolute atomic E-state index is 0.00737. The van der Waals surface area contributed by atoms with E-state index in [1.54, 1.807) is 24.3 Å². The van der Waals surface area contributed by atoms with Crippen molar-refractivity contribution in [3.05, 3.63) is 125 Å². The molecule has 0 bridgehead atoms. The minimum atomic E-state index is -4.65. The Morgan fingerprint density at radius 1 is 0.860 bits per heavy atom. The van der Waals surface area contributed by atoms with E-state index in [0.717, 1.165) is 28.1 Å². The number of aromatic nitrogens is 2. The third-order valence-corrected chi connectivity index (χ3v) is 7.12. The lowest BCUT2D eigenvalue weighted by Crippen LogP contribution is -2.38. The summed E-state index contributed by atoms with van der Waals surface area (Å²) in [5.74, 6) is 0.0140. The molecule has 5 rings (SSSR count). The van der Waals surface area contributed by atoms with Crippen LogP contribution in [0.15, 0.2) is 97.1 Å². The van der Waals surface area contributed by atoms with E-state index in [9.17, 15) is 18.0 Å². The molecule has 1 atom stereocenters. The van der Waals surface area contributed by atoms with Crippen LogP contribution in [-0.2, 0) is 16.1 Å². The van der Waals surface area contributed by atoms with Crippen molar-refractivity contribution in [3.8, 4) is 11.1 Å². The standard InChI is InChI=1S/C33H30F3N3O.CO2/c1-21(2)26-10-7-11-27(18-26)31(33(34,35)36)38-32(40)28-16-17-29-30(19-28)39(22(3)37-29)20-23-12-14-25(15-13-23)24-8-5-4-6-9-24;2-1-3/h4-19,21,31H,20H2,1-3H3,(H,38,40);/t31-;/m1./s1. The Bertz CT molecular complexity index is 1740. The summed E-state index contributed by atoms with van der Waals surface area (Å²) < 4.78 is 44.2. The second kappa shape index (κ2) is 13.3. The van der Waals surface area contributed by atoms with Crippen molar-refractivity contribution in [2.75, 3.05) is 0 Å². The highest BCUT2D eigenvalue weighted by atomic mass is 19.4. The number of hydrogen-bond acceptors (Lipinski definition) is 4. The number of benzene rings is 4. The quantitative estimate of drug-likeness (QED) is 0.213. The van der Waals surface area contributed by atoms with Gasteiger partial charge < -0.3 is 9.88 Å². The first-order chi connectivity index (χ1) is 20.5. The molecule has 1 aromatic heterocycles. The zero-order valence-corrected chi connectivity index (χ0v) is 23.9. The van der Waals surface area contributed by atoms with Crippen LogP contribution in [-0.4, -0.2) is 27.8 Å². The molecule has 220 valence electrons. The van der Waals surface area contributed by atoms with Crippen LogP contribution in [0.4, 0.5) is 13.2 Å². The molecule has 5 aromatic rings. The molecule has 43 heavy (non-hydrogen) atoms. The van der Waals surface area contributed by atoms with Gasteiger partial charge in [-0.3, -0.25) is 4.79 Å². The van der Waals surface area contributed by atoms with Crippen LogP contribution in [0.1, 0.15) is 58.7 Å². The fraction of sp³-hybridized carbons (Fsp3) is 0.206. The molecule has 1 heterocycles. The Morgan fingerprint density at radius 3 is 2.12 bits per heavy atom. The zero-order valence-electron chi connectivity index (χ0n) is 23.9. The monoisotopic (exact) mass is 585 g/mol. The first kappa shape index (κ1) is 30.9. The van der Waals surface area contributed by atoms with Gasteiger partial charge in [0.1, 0.15) is 5.82 Å². The zero-order chi connectivity index (χ0) is 31.1. The van der Waals surface area contributed by atoms with Gasteiger partial charge in [0.25, 0.3) is 5.91 Å². The predicted octanol–water partition coefficient (Wildman–Crippen LogP) is 7.63.